The molecule has 1 aromatic heterocycles. The van der Waals surface area contributed by atoms with E-state index in [0.29, 0.717) is 6.04 Å². The summed E-state index contributed by atoms with van der Waals surface area (Å²) in [5.74, 6) is 3.06. The van der Waals surface area contributed by atoms with E-state index in [9.17, 15) is 0 Å². The normalized spacial score (nSPS) is 20.9. The topological polar surface area (TPSA) is 30.7 Å². The molecular weight excluding hydrogens is 274 g/mol. The molecule has 2 aliphatic carbocycles. The van der Waals surface area contributed by atoms with Gasteiger partial charge in [-0.05, 0) is 25.7 Å². The first-order valence-electron chi connectivity index (χ1n) is 5.53. The zero-order valence-electron chi connectivity index (χ0n) is 8.53. The van der Waals surface area contributed by atoms with E-state index in [0.717, 1.165) is 22.2 Å². The Balaban J connectivity index is 1.85. The Morgan fingerprint density at radius 2 is 2.07 bits per heavy atom. The summed E-state index contributed by atoms with van der Waals surface area (Å²) in [4.78, 5) is 0. The molecule has 0 bridgehead atoms. The largest absolute Gasteiger partial charge is 0.303 e. The molecule has 0 saturated heterocycles. The summed E-state index contributed by atoms with van der Waals surface area (Å²) >= 11 is 5.28. The average molecular weight is 288 g/mol. The highest BCUT2D eigenvalue weighted by Crippen LogP contribution is 2.45. The summed E-state index contributed by atoms with van der Waals surface area (Å²) in [6, 6.07) is 0.716. The standard InChI is InChI=1S/C10H14BrN3S/c11-5-6-15-10-13-12-9(7-1-2-7)14(10)8-3-4-8/h7-8H,1-6H2. The van der Waals surface area contributed by atoms with Gasteiger partial charge in [-0.15, -0.1) is 10.2 Å². The van der Waals surface area contributed by atoms with E-state index in [1.165, 1.54) is 31.5 Å². The van der Waals surface area contributed by atoms with E-state index < -0.39 is 0 Å². The van der Waals surface area contributed by atoms with E-state index in [1.807, 2.05) is 11.8 Å². The van der Waals surface area contributed by atoms with Gasteiger partial charge in [0.15, 0.2) is 5.16 Å². The highest BCUT2D eigenvalue weighted by molar-refractivity contribution is 9.09. The maximum Gasteiger partial charge on any atom is 0.191 e. The first-order valence-corrected chi connectivity index (χ1v) is 7.64. The van der Waals surface area contributed by atoms with E-state index in [4.69, 9.17) is 0 Å². The van der Waals surface area contributed by atoms with E-state index in [-0.39, 0.29) is 0 Å². The molecule has 0 unspecified atom stereocenters. The van der Waals surface area contributed by atoms with E-state index >= 15 is 0 Å². The van der Waals surface area contributed by atoms with Crippen molar-refractivity contribution in [1.29, 1.82) is 0 Å². The van der Waals surface area contributed by atoms with Gasteiger partial charge in [0.2, 0.25) is 0 Å². The molecule has 0 aromatic carbocycles. The van der Waals surface area contributed by atoms with Crippen LogP contribution in [0.15, 0.2) is 5.16 Å². The van der Waals surface area contributed by atoms with Crippen molar-refractivity contribution < 1.29 is 0 Å². The van der Waals surface area contributed by atoms with Crippen molar-refractivity contribution in [2.24, 2.45) is 0 Å². The molecule has 2 saturated carbocycles. The van der Waals surface area contributed by atoms with Crippen LogP contribution < -0.4 is 0 Å². The third-order valence-electron chi connectivity index (χ3n) is 2.85. The fourth-order valence-corrected chi connectivity index (χ4v) is 3.04. The highest BCUT2D eigenvalue weighted by Gasteiger charge is 2.36. The number of thioether (sulfide) groups is 1. The van der Waals surface area contributed by atoms with Gasteiger partial charge >= 0.3 is 0 Å². The number of halogens is 1. The lowest BCUT2D eigenvalue weighted by atomic mass is 10.4. The van der Waals surface area contributed by atoms with Crippen molar-refractivity contribution in [1.82, 2.24) is 14.8 Å². The van der Waals surface area contributed by atoms with Crippen LogP contribution in [0.1, 0.15) is 43.5 Å². The third-order valence-corrected chi connectivity index (χ3v) is 4.72. The van der Waals surface area contributed by atoms with E-state index in [2.05, 4.69) is 30.7 Å². The average Bonchev–Trinajstić information content (AvgIpc) is 3.13. The summed E-state index contributed by atoms with van der Waals surface area (Å²) in [6.45, 7) is 0. The van der Waals surface area contributed by atoms with Crippen LogP contribution in [0, 0.1) is 0 Å². The minimum atomic E-state index is 0.716. The predicted octanol–water partition coefficient (Wildman–Crippen LogP) is 2.98. The van der Waals surface area contributed by atoms with Gasteiger partial charge in [-0.3, -0.25) is 0 Å². The van der Waals surface area contributed by atoms with Gasteiger partial charge in [0, 0.05) is 23.0 Å². The highest BCUT2D eigenvalue weighted by atomic mass is 79.9. The summed E-state index contributed by atoms with van der Waals surface area (Å²) in [5, 5.41) is 10.9. The van der Waals surface area contributed by atoms with E-state index in [1.54, 1.807) is 0 Å². The van der Waals surface area contributed by atoms with Crippen LogP contribution in [-0.4, -0.2) is 25.8 Å². The van der Waals surface area contributed by atoms with Crippen LogP contribution in [0.5, 0.6) is 0 Å². The van der Waals surface area contributed by atoms with Crippen LogP contribution in [0.25, 0.3) is 0 Å². The first kappa shape index (κ1) is 10.1. The first-order chi connectivity index (χ1) is 7.40. The number of hydrogen-bond donors (Lipinski definition) is 0. The smallest absolute Gasteiger partial charge is 0.191 e. The predicted molar refractivity (Wildman–Crippen MR) is 64.8 cm³/mol. The summed E-state index contributed by atoms with van der Waals surface area (Å²) in [6.07, 6.45) is 5.27. The SMILES string of the molecule is BrCCSc1nnc(C2CC2)n1C1CC1. The molecule has 3 nitrogen and oxygen atoms in total. The number of alkyl halides is 1. The maximum absolute atomic E-state index is 4.37. The van der Waals surface area contributed by atoms with Gasteiger partial charge in [-0.1, -0.05) is 27.7 Å². The zero-order chi connectivity index (χ0) is 10.3. The molecule has 0 atom stereocenters. The lowest BCUT2D eigenvalue weighted by Gasteiger charge is -2.06. The van der Waals surface area contributed by atoms with Gasteiger partial charge < -0.3 is 4.57 Å². The minimum Gasteiger partial charge on any atom is -0.303 e. The summed E-state index contributed by atoms with van der Waals surface area (Å²) in [5.41, 5.74) is 0. The monoisotopic (exact) mass is 287 g/mol. The van der Waals surface area contributed by atoms with Crippen LogP contribution >= 0.6 is 27.7 Å². The number of rotatable bonds is 5. The van der Waals surface area contributed by atoms with Gasteiger partial charge in [0.05, 0.1) is 0 Å². The van der Waals surface area contributed by atoms with Crippen molar-refractivity contribution in [3.05, 3.63) is 5.82 Å². The molecule has 0 amide bonds. The molecule has 0 aliphatic heterocycles. The maximum atomic E-state index is 4.37. The molecule has 2 fully saturated rings. The Bertz CT molecular complexity index is 358. The second-order valence-electron chi connectivity index (χ2n) is 4.25. The fourth-order valence-electron chi connectivity index (χ4n) is 1.81. The van der Waals surface area contributed by atoms with Gasteiger partial charge in [0.25, 0.3) is 0 Å². The van der Waals surface area contributed by atoms with Crippen molar-refractivity contribution >= 4 is 27.7 Å². The third kappa shape index (κ3) is 2.09. The minimum absolute atomic E-state index is 0.716. The van der Waals surface area contributed by atoms with Gasteiger partial charge in [-0.2, -0.15) is 0 Å². The Morgan fingerprint density at radius 1 is 1.27 bits per heavy atom. The Kier molecular flexibility index (Phi) is 2.77. The molecule has 2 aliphatic rings. The Morgan fingerprint density at radius 3 is 2.67 bits per heavy atom. The van der Waals surface area contributed by atoms with Gasteiger partial charge in [0.1, 0.15) is 5.82 Å². The molecule has 15 heavy (non-hydrogen) atoms. The molecule has 0 radical (unpaired) electrons. The fraction of sp³-hybridized carbons (Fsp3) is 0.800. The van der Waals surface area contributed by atoms with Crippen molar-refractivity contribution in [3.63, 3.8) is 0 Å². The molecule has 1 aromatic rings. The van der Waals surface area contributed by atoms with Crippen LogP contribution in [0.2, 0.25) is 0 Å². The molecule has 5 heteroatoms. The van der Waals surface area contributed by atoms with Crippen LogP contribution in [0.3, 0.4) is 0 Å². The molecule has 82 valence electrons. The Hall–Kier alpha value is -0.0300. The summed E-state index contributed by atoms with van der Waals surface area (Å²) < 4.78 is 2.41. The zero-order valence-corrected chi connectivity index (χ0v) is 10.9. The van der Waals surface area contributed by atoms with Crippen molar-refractivity contribution in [2.45, 2.75) is 42.8 Å². The van der Waals surface area contributed by atoms with Gasteiger partial charge in [-0.25, -0.2) is 0 Å². The molecular formula is C10H14BrN3S. The second-order valence-corrected chi connectivity index (χ2v) is 6.11. The quantitative estimate of drug-likeness (QED) is 0.616. The molecule has 1 heterocycles. The lowest BCUT2D eigenvalue weighted by molar-refractivity contribution is 0.627. The van der Waals surface area contributed by atoms with Crippen molar-refractivity contribution in [2.75, 3.05) is 11.1 Å². The van der Waals surface area contributed by atoms with Crippen LogP contribution in [0.4, 0.5) is 0 Å². The lowest BCUT2D eigenvalue weighted by Crippen LogP contribution is -2.02. The van der Waals surface area contributed by atoms with Crippen molar-refractivity contribution in [3.8, 4) is 0 Å². The van der Waals surface area contributed by atoms with Crippen LogP contribution in [-0.2, 0) is 0 Å². The molecule has 3 rings (SSSR count). The molecule has 0 spiro atoms. The number of hydrogen-bond acceptors (Lipinski definition) is 3. The summed E-state index contributed by atoms with van der Waals surface area (Å²) in [7, 11) is 0. The Labute approximate surface area is 102 Å². The second kappa shape index (κ2) is 4.09. The number of nitrogens with zero attached hydrogens (tertiary/aromatic N) is 3. The molecule has 0 N–H and O–H groups in total. The number of aromatic nitrogens is 3.